The van der Waals surface area contributed by atoms with Crippen molar-refractivity contribution >= 4 is 22.6 Å². The van der Waals surface area contributed by atoms with Gasteiger partial charge in [-0.05, 0) is 40.1 Å². The number of nitrogens with zero attached hydrogens (tertiary/aromatic N) is 2. The van der Waals surface area contributed by atoms with E-state index in [0.29, 0.717) is 12.1 Å². The van der Waals surface area contributed by atoms with Gasteiger partial charge < -0.3 is 15.4 Å². The van der Waals surface area contributed by atoms with Crippen molar-refractivity contribution in [3.05, 3.63) is 72.1 Å². The van der Waals surface area contributed by atoms with Gasteiger partial charge in [0.15, 0.2) is 0 Å². The van der Waals surface area contributed by atoms with E-state index in [1.807, 2.05) is 36.4 Å². The van der Waals surface area contributed by atoms with Gasteiger partial charge in [-0.1, -0.05) is 24.8 Å². The smallest absolute Gasteiger partial charge is 0.254 e. The van der Waals surface area contributed by atoms with Crippen LogP contribution in [0.15, 0.2) is 60.9 Å². The molecule has 6 heteroatoms. The molecule has 2 N–H and O–H groups in total. The third-order valence-corrected chi connectivity index (χ3v) is 5.04. The van der Waals surface area contributed by atoms with Gasteiger partial charge in [-0.3, -0.25) is 14.6 Å². The van der Waals surface area contributed by atoms with Gasteiger partial charge in [0.2, 0.25) is 5.91 Å². The number of pyridine rings is 1. The molecule has 6 nitrogen and oxygen atoms in total. The molecule has 0 bridgehead atoms. The normalized spacial score (nSPS) is 12.9. The third-order valence-electron chi connectivity index (χ3n) is 5.04. The summed E-state index contributed by atoms with van der Waals surface area (Å²) in [5.74, 6) is 0.0145. The molecule has 28 heavy (non-hydrogen) atoms. The molecule has 1 aliphatic heterocycles. The molecule has 0 spiro atoms. The summed E-state index contributed by atoms with van der Waals surface area (Å²) in [6.07, 6.45) is 3.45. The van der Waals surface area contributed by atoms with Crippen LogP contribution in [0.2, 0.25) is 0 Å². The van der Waals surface area contributed by atoms with Crippen LogP contribution in [0.25, 0.3) is 21.9 Å². The van der Waals surface area contributed by atoms with Gasteiger partial charge in [-0.15, -0.1) is 0 Å². The summed E-state index contributed by atoms with van der Waals surface area (Å²) in [6.45, 7) is 4.19. The van der Waals surface area contributed by atoms with Gasteiger partial charge in [0.25, 0.3) is 5.91 Å². The molecule has 0 aliphatic carbocycles. The van der Waals surface area contributed by atoms with Crippen molar-refractivity contribution in [3.8, 4) is 16.9 Å². The summed E-state index contributed by atoms with van der Waals surface area (Å²) in [4.78, 5) is 29.9. The Balaban J connectivity index is 1.79. The second-order valence-electron chi connectivity index (χ2n) is 6.73. The number of nitrogens with two attached hydrogens (primary N) is 1. The van der Waals surface area contributed by atoms with Crippen molar-refractivity contribution < 1.29 is 14.3 Å². The maximum absolute atomic E-state index is 12.8. The Morgan fingerprint density at radius 1 is 1.25 bits per heavy atom. The minimum absolute atomic E-state index is 0.122. The second-order valence-corrected chi connectivity index (χ2v) is 6.73. The molecule has 2 heterocycles. The molecule has 0 saturated heterocycles. The molecule has 1 aliphatic rings. The van der Waals surface area contributed by atoms with Crippen LogP contribution in [0.4, 0.5) is 0 Å². The minimum Gasteiger partial charge on any atom is -0.496 e. The van der Waals surface area contributed by atoms with E-state index in [2.05, 4.69) is 11.6 Å². The van der Waals surface area contributed by atoms with Crippen molar-refractivity contribution in [3.63, 3.8) is 0 Å². The summed E-state index contributed by atoms with van der Waals surface area (Å²) in [6, 6.07) is 11.7. The van der Waals surface area contributed by atoms with Gasteiger partial charge in [-0.2, -0.15) is 0 Å². The average Bonchev–Trinajstić information content (AvgIpc) is 3.03. The number of ether oxygens (including phenoxy) is 1. The molecule has 2 amide bonds. The molecular weight excluding hydrogens is 354 g/mol. The lowest BCUT2D eigenvalue weighted by Crippen LogP contribution is -2.30. The van der Waals surface area contributed by atoms with Gasteiger partial charge in [0.1, 0.15) is 5.75 Å². The van der Waals surface area contributed by atoms with Crippen LogP contribution in [-0.2, 0) is 11.3 Å². The molecule has 1 aromatic heterocycles. The number of benzene rings is 2. The number of aromatic nitrogens is 1. The molecule has 0 saturated carbocycles. The fourth-order valence-electron chi connectivity index (χ4n) is 3.57. The quantitative estimate of drug-likeness (QED) is 0.697. The number of rotatable bonds is 5. The fraction of sp³-hybridized carbons (Fsp3) is 0.136. The van der Waals surface area contributed by atoms with Crippen LogP contribution < -0.4 is 10.5 Å². The summed E-state index contributed by atoms with van der Waals surface area (Å²) in [7, 11) is 1.62. The van der Waals surface area contributed by atoms with Gasteiger partial charge >= 0.3 is 0 Å². The largest absolute Gasteiger partial charge is 0.496 e. The summed E-state index contributed by atoms with van der Waals surface area (Å²) >= 11 is 0. The molecule has 4 rings (SSSR count). The van der Waals surface area contributed by atoms with Crippen LogP contribution in [0.5, 0.6) is 5.75 Å². The number of primary amides is 1. The predicted molar refractivity (Wildman–Crippen MR) is 107 cm³/mol. The van der Waals surface area contributed by atoms with E-state index < -0.39 is 5.91 Å². The van der Waals surface area contributed by atoms with E-state index in [1.165, 1.54) is 0 Å². The topological polar surface area (TPSA) is 85.5 Å². The van der Waals surface area contributed by atoms with Crippen LogP contribution in [-0.4, -0.2) is 35.4 Å². The minimum atomic E-state index is -0.598. The Labute approximate surface area is 162 Å². The van der Waals surface area contributed by atoms with Gasteiger partial charge in [0, 0.05) is 35.6 Å². The summed E-state index contributed by atoms with van der Waals surface area (Å²) in [5, 5.41) is 2.02. The Bertz CT molecular complexity index is 1140. The summed E-state index contributed by atoms with van der Waals surface area (Å²) < 4.78 is 5.45. The third kappa shape index (κ3) is 2.89. The highest BCUT2D eigenvalue weighted by atomic mass is 16.5. The zero-order chi connectivity index (χ0) is 19.8. The maximum Gasteiger partial charge on any atom is 0.254 e. The van der Waals surface area contributed by atoms with E-state index in [9.17, 15) is 9.59 Å². The monoisotopic (exact) mass is 373 g/mol. The van der Waals surface area contributed by atoms with Crippen LogP contribution >= 0.6 is 0 Å². The standard InChI is InChI=1S/C22H19N3O3/c1-13(21(23)26)11-25-12-19-16(22(25)27)6-5-14-3-4-15(9-17(14)19)18-10-24-8-7-20(18)28-2/h3-10H,1,11-12H2,2H3,(H2,23,26). The maximum atomic E-state index is 12.8. The Kier molecular flexibility index (Phi) is 4.31. The molecule has 3 aromatic rings. The molecule has 0 unspecified atom stereocenters. The number of carbonyl (C=O) groups is 2. The Hall–Kier alpha value is -3.67. The average molecular weight is 373 g/mol. The number of hydrogen-bond donors (Lipinski definition) is 1. The highest BCUT2D eigenvalue weighted by Gasteiger charge is 2.29. The molecule has 0 radical (unpaired) electrons. The molecule has 140 valence electrons. The lowest BCUT2D eigenvalue weighted by atomic mass is 9.96. The molecule has 0 fully saturated rings. The van der Waals surface area contributed by atoms with E-state index in [4.69, 9.17) is 10.5 Å². The SMILES string of the molecule is C=C(CN1Cc2c(ccc3ccc(-c4cnccc4OC)cc23)C1=O)C(N)=O. The highest BCUT2D eigenvalue weighted by molar-refractivity contribution is 6.05. The molecular formula is C22H19N3O3. The van der Waals surface area contributed by atoms with Crippen molar-refractivity contribution in [1.82, 2.24) is 9.88 Å². The number of carbonyl (C=O) groups excluding carboxylic acids is 2. The Morgan fingerprint density at radius 2 is 2.04 bits per heavy atom. The zero-order valence-corrected chi connectivity index (χ0v) is 15.4. The summed E-state index contributed by atoms with van der Waals surface area (Å²) in [5.41, 5.74) is 8.90. The van der Waals surface area contributed by atoms with Crippen LogP contribution in [0.1, 0.15) is 15.9 Å². The van der Waals surface area contributed by atoms with Crippen molar-refractivity contribution in [2.24, 2.45) is 5.73 Å². The van der Waals surface area contributed by atoms with E-state index >= 15 is 0 Å². The van der Waals surface area contributed by atoms with E-state index in [-0.39, 0.29) is 18.0 Å². The predicted octanol–water partition coefficient (Wildman–Crippen LogP) is 2.91. The van der Waals surface area contributed by atoms with Crippen molar-refractivity contribution in [1.29, 1.82) is 0 Å². The lowest BCUT2D eigenvalue weighted by molar-refractivity contribution is -0.114. The van der Waals surface area contributed by atoms with Crippen molar-refractivity contribution in [2.45, 2.75) is 6.54 Å². The zero-order valence-electron chi connectivity index (χ0n) is 15.4. The van der Waals surface area contributed by atoms with E-state index in [0.717, 1.165) is 33.2 Å². The fourth-order valence-corrected chi connectivity index (χ4v) is 3.57. The molecule has 0 atom stereocenters. The first-order valence-corrected chi connectivity index (χ1v) is 8.80. The first-order chi connectivity index (χ1) is 13.5. The van der Waals surface area contributed by atoms with Crippen molar-refractivity contribution in [2.75, 3.05) is 13.7 Å². The molecule has 2 aromatic carbocycles. The van der Waals surface area contributed by atoms with Gasteiger partial charge in [-0.25, -0.2) is 0 Å². The van der Waals surface area contributed by atoms with Crippen LogP contribution in [0.3, 0.4) is 0 Å². The lowest BCUT2D eigenvalue weighted by Gasteiger charge is -2.15. The number of methoxy groups -OCH3 is 1. The second kappa shape index (κ2) is 6.81. The number of fused-ring (bicyclic) bond motifs is 3. The first-order valence-electron chi connectivity index (χ1n) is 8.80. The Morgan fingerprint density at radius 3 is 2.79 bits per heavy atom. The number of hydrogen-bond acceptors (Lipinski definition) is 4. The van der Waals surface area contributed by atoms with Crippen LogP contribution in [0, 0.1) is 0 Å². The van der Waals surface area contributed by atoms with E-state index in [1.54, 1.807) is 24.4 Å². The number of amides is 2. The first kappa shape index (κ1) is 17.7. The highest BCUT2D eigenvalue weighted by Crippen LogP contribution is 2.35. The van der Waals surface area contributed by atoms with Gasteiger partial charge in [0.05, 0.1) is 13.7 Å².